The molecule has 1 aliphatic rings. The van der Waals surface area contributed by atoms with E-state index in [2.05, 4.69) is 28.2 Å². The topological polar surface area (TPSA) is 197 Å². The summed E-state index contributed by atoms with van der Waals surface area (Å²) >= 11 is 0. The fourth-order valence-corrected chi connectivity index (χ4v) is 7.25. The molecular formula is C42H78N4O11. The Hall–Kier alpha value is -3.46. The normalized spacial score (nSPS) is 22.4. The molecule has 0 aromatic heterocycles. The van der Waals surface area contributed by atoms with Crippen LogP contribution in [-0.2, 0) is 47.7 Å². The molecule has 4 amide bonds. The molecule has 15 nitrogen and oxygen atoms in total. The first-order valence-electron chi connectivity index (χ1n) is 20.8. The summed E-state index contributed by atoms with van der Waals surface area (Å²) in [7, 11) is 1.52. The molecule has 0 spiro atoms. The molecule has 1 rings (SSSR count). The largest absolute Gasteiger partial charge is 0.464 e. The lowest BCUT2D eigenvalue weighted by Crippen LogP contribution is -2.52. The maximum absolute atomic E-state index is 13.8. The van der Waals surface area contributed by atoms with Crippen molar-refractivity contribution in [2.75, 3.05) is 26.8 Å². The van der Waals surface area contributed by atoms with Crippen molar-refractivity contribution in [1.82, 2.24) is 21.3 Å². The van der Waals surface area contributed by atoms with E-state index in [-0.39, 0.29) is 81.3 Å². The second kappa shape index (κ2) is 27.3. The highest BCUT2D eigenvalue weighted by Gasteiger charge is 2.44. The average molecular weight is 815 g/mol. The van der Waals surface area contributed by atoms with Gasteiger partial charge in [-0.25, -0.2) is 4.79 Å². The summed E-state index contributed by atoms with van der Waals surface area (Å²) in [5.74, 6) is -5.29. The van der Waals surface area contributed by atoms with Gasteiger partial charge in [-0.05, 0) is 78.6 Å². The molecule has 0 bridgehead atoms. The van der Waals surface area contributed by atoms with Gasteiger partial charge in [0.25, 0.3) is 5.91 Å². The zero-order valence-electron chi connectivity index (χ0n) is 36.4. The van der Waals surface area contributed by atoms with Crippen molar-refractivity contribution in [3.63, 3.8) is 0 Å². The van der Waals surface area contributed by atoms with Gasteiger partial charge in [-0.15, -0.1) is 0 Å². The van der Waals surface area contributed by atoms with E-state index in [1.807, 2.05) is 69.2 Å². The second-order valence-corrected chi connectivity index (χ2v) is 15.7. The van der Waals surface area contributed by atoms with Crippen molar-refractivity contribution in [3.8, 4) is 0 Å². The third-order valence-corrected chi connectivity index (χ3v) is 10.8. The SMILES string of the molecule is C.CCC(CNC(=O)OC1C(OC)OC(CC)C(C)C1C)CC(C(=O)OC(C)C(=O)NCCOC(=O)C(CC)C(CC)C(=O)NC(C)C)C(CC)C(=O)NC(C)C. The lowest BCUT2D eigenvalue weighted by Gasteiger charge is -2.43. The quantitative estimate of drug-likeness (QED) is 0.0544. The highest BCUT2D eigenvalue weighted by atomic mass is 16.7. The minimum absolute atomic E-state index is 0. The van der Waals surface area contributed by atoms with Crippen LogP contribution in [-0.4, -0.2) is 99.2 Å². The van der Waals surface area contributed by atoms with E-state index in [1.54, 1.807) is 0 Å². The first kappa shape index (κ1) is 53.5. The second-order valence-electron chi connectivity index (χ2n) is 15.7. The van der Waals surface area contributed by atoms with E-state index in [1.165, 1.54) is 14.0 Å². The van der Waals surface area contributed by atoms with Crippen molar-refractivity contribution in [3.05, 3.63) is 0 Å². The van der Waals surface area contributed by atoms with Crippen molar-refractivity contribution in [2.24, 2.45) is 41.4 Å². The van der Waals surface area contributed by atoms with Gasteiger partial charge in [-0.3, -0.25) is 24.0 Å². The standard InChI is InChI=1S/C41H74N4O11.CH4/c1-14-28(22-43-41(51)56-34-26(11)25(10)33(18-5)55-40(34)52-13)21-32(30(16-3)37(48)45-24(8)9)39(50)54-27(12)35(46)42-19-20-53-38(49)31(17-4)29(15-2)36(47)44-23(6)7;/h23-34,40H,14-22H2,1-13H3,(H,42,46)(H,43,51)(H,44,47)(H,45,48);1H4. The zero-order chi connectivity index (χ0) is 42.7. The fraction of sp³-hybridized carbons (Fsp3) is 0.857. The Balaban J connectivity index is 0.0000314. The lowest BCUT2D eigenvalue weighted by molar-refractivity contribution is -0.260. The van der Waals surface area contributed by atoms with Crippen LogP contribution in [0.1, 0.15) is 129 Å². The Bertz CT molecular complexity index is 1250. The smallest absolute Gasteiger partial charge is 0.407 e. The van der Waals surface area contributed by atoms with Crippen molar-refractivity contribution in [2.45, 2.75) is 166 Å². The Kier molecular flexibility index (Phi) is 25.6. The van der Waals surface area contributed by atoms with Crippen LogP contribution in [0.2, 0.25) is 0 Å². The first-order chi connectivity index (χ1) is 26.4. The van der Waals surface area contributed by atoms with Gasteiger partial charge >= 0.3 is 18.0 Å². The summed E-state index contributed by atoms with van der Waals surface area (Å²) < 4.78 is 28.5. The Morgan fingerprint density at radius 3 is 1.70 bits per heavy atom. The summed E-state index contributed by atoms with van der Waals surface area (Å²) in [6.45, 7) is 22.3. The van der Waals surface area contributed by atoms with Gasteiger partial charge in [0.15, 0.2) is 18.5 Å². The van der Waals surface area contributed by atoms with Crippen molar-refractivity contribution in [1.29, 1.82) is 0 Å². The van der Waals surface area contributed by atoms with Crippen LogP contribution < -0.4 is 21.3 Å². The van der Waals surface area contributed by atoms with Gasteiger partial charge < -0.3 is 45.0 Å². The minimum Gasteiger partial charge on any atom is -0.464 e. The average Bonchev–Trinajstić information content (AvgIpc) is 3.14. The third kappa shape index (κ3) is 17.1. The minimum atomic E-state index is -1.21. The third-order valence-electron chi connectivity index (χ3n) is 10.8. The van der Waals surface area contributed by atoms with Crippen LogP contribution in [0.5, 0.6) is 0 Å². The zero-order valence-corrected chi connectivity index (χ0v) is 36.4. The van der Waals surface area contributed by atoms with E-state index >= 15 is 0 Å². The van der Waals surface area contributed by atoms with E-state index < -0.39 is 66.1 Å². The molecule has 0 aromatic rings. The van der Waals surface area contributed by atoms with Crippen LogP contribution in [0, 0.1) is 41.4 Å². The number of hydrogen-bond donors (Lipinski definition) is 4. The summed E-state index contributed by atoms with van der Waals surface area (Å²) in [5.41, 5.74) is 0. The van der Waals surface area contributed by atoms with E-state index in [0.717, 1.165) is 6.42 Å². The van der Waals surface area contributed by atoms with E-state index in [4.69, 9.17) is 23.7 Å². The number of carbonyl (C=O) groups is 6. The molecule has 1 saturated heterocycles. The summed E-state index contributed by atoms with van der Waals surface area (Å²) in [5, 5.41) is 11.2. The molecule has 11 unspecified atom stereocenters. The number of esters is 2. The maximum atomic E-state index is 13.8. The van der Waals surface area contributed by atoms with Crippen LogP contribution in [0.3, 0.4) is 0 Å². The van der Waals surface area contributed by atoms with E-state index in [9.17, 15) is 28.8 Å². The van der Waals surface area contributed by atoms with Gasteiger partial charge in [-0.2, -0.15) is 0 Å². The number of ether oxygens (including phenoxy) is 5. The number of hydrogen-bond acceptors (Lipinski definition) is 11. The summed E-state index contributed by atoms with van der Waals surface area (Å²) in [4.78, 5) is 78.7. The van der Waals surface area contributed by atoms with Gasteiger partial charge in [0.05, 0.1) is 36.3 Å². The van der Waals surface area contributed by atoms with Crippen molar-refractivity contribution < 1.29 is 52.5 Å². The van der Waals surface area contributed by atoms with Crippen LogP contribution in [0.25, 0.3) is 0 Å². The molecule has 57 heavy (non-hydrogen) atoms. The van der Waals surface area contributed by atoms with Crippen LogP contribution in [0.4, 0.5) is 4.79 Å². The summed E-state index contributed by atoms with van der Waals surface area (Å²) in [6, 6.07) is -0.229. The van der Waals surface area contributed by atoms with Crippen LogP contribution >= 0.6 is 0 Å². The Morgan fingerprint density at radius 1 is 0.684 bits per heavy atom. The van der Waals surface area contributed by atoms with Gasteiger partial charge in [-0.1, -0.05) is 62.3 Å². The molecule has 0 radical (unpaired) electrons. The first-order valence-corrected chi connectivity index (χ1v) is 20.8. The number of methoxy groups -OCH3 is 1. The monoisotopic (exact) mass is 815 g/mol. The van der Waals surface area contributed by atoms with Crippen LogP contribution in [0.15, 0.2) is 0 Å². The molecule has 1 heterocycles. The highest BCUT2D eigenvalue weighted by Crippen LogP contribution is 2.34. The summed E-state index contributed by atoms with van der Waals surface area (Å²) in [6.07, 6.45) is -0.382. The number of rotatable bonds is 24. The number of alkyl carbamates (subject to hydrolysis) is 1. The molecule has 0 aliphatic carbocycles. The number of nitrogens with one attached hydrogen (secondary N) is 4. The number of carbonyl (C=O) groups excluding carboxylic acids is 6. The predicted molar refractivity (Wildman–Crippen MR) is 219 cm³/mol. The van der Waals surface area contributed by atoms with Gasteiger partial charge in [0, 0.05) is 31.7 Å². The van der Waals surface area contributed by atoms with Gasteiger partial charge in [0.1, 0.15) is 6.61 Å². The Labute approximate surface area is 342 Å². The Morgan fingerprint density at radius 2 is 1.23 bits per heavy atom. The molecule has 1 aliphatic heterocycles. The molecule has 1 fully saturated rings. The fourth-order valence-electron chi connectivity index (χ4n) is 7.25. The molecule has 0 aromatic carbocycles. The predicted octanol–water partition coefficient (Wildman–Crippen LogP) is 5.52. The molecular weight excluding hydrogens is 736 g/mol. The lowest BCUT2D eigenvalue weighted by atomic mass is 9.81. The molecule has 11 atom stereocenters. The number of amides is 4. The molecule has 332 valence electrons. The van der Waals surface area contributed by atoms with E-state index in [0.29, 0.717) is 25.7 Å². The molecule has 4 N–H and O–H groups in total. The van der Waals surface area contributed by atoms with Crippen molar-refractivity contribution >= 4 is 35.8 Å². The maximum Gasteiger partial charge on any atom is 0.407 e. The molecule has 15 heteroatoms. The molecule has 0 saturated carbocycles. The highest BCUT2D eigenvalue weighted by molar-refractivity contribution is 5.88. The van der Waals surface area contributed by atoms with Gasteiger partial charge in [0.2, 0.25) is 11.8 Å².